The molecule has 1 amide bonds. The first-order chi connectivity index (χ1) is 10.1. The van der Waals surface area contributed by atoms with Gasteiger partial charge in [0, 0.05) is 12.0 Å². The van der Waals surface area contributed by atoms with E-state index in [1.54, 1.807) is 0 Å². The van der Waals surface area contributed by atoms with E-state index in [1.807, 2.05) is 6.92 Å². The number of ether oxygens (including phenoxy) is 1. The van der Waals surface area contributed by atoms with Crippen molar-refractivity contribution in [3.63, 3.8) is 0 Å². The number of amides is 1. The minimum atomic E-state index is -0.189. The highest BCUT2D eigenvalue weighted by atomic mass is 35.5. The van der Waals surface area contributed by atoms with Crippen LogP contribution in [0.25, 0.3) is 0 Å². The fourth-order valence-electron chi connectivity index (χ4n) is 3.28. The molecule has 22 heavy (non-hydrogen) atoms. The Morgan fingerprint density at radius 3 is 2.32 bits per heavy atom. The second-order valence-corrected chi connectivity index (χ2v) is 6.44. The molecular formula is C16H29ClN2O3. The number of methoxy groups -OCH3 is 1. The quantitative estimate of drug-likeness (QED) is 0.771. The van der Waals surface area contributed by atoms with Gasteiger partial charge in [0.05, 0.1) is 13.0 Å². The van der Waals surface area contributed by atoms with Gasteiger partial charge in [0.15, 0.2) is 0 Å². The lowest BCUT2D eigenvalue weighted by Gasteiger charge is -2.34. The number of carbonyl (C=O) groups is 2. The molecule has 0 bridgehead atoms. The van der Waals surface area contributed by atoms with Crippen LogP contribution in [-0.2, 0) is 14.3 Å². The summed E-state index contributed by atoms with van der Waals surface area (Å²) in [5, 5.41) is 6.33. The van der Waals surface area contributed by atoms with Crippen LogP contribution in [0, 0.1) is 17.8 Å². The van der Waals surface area contributed by atoms with E-state index in [9.17, 15) is 9.59 Å². The SMILES string of the molecule is COC(=O)C1CCCCCCC1NC(=O)C(C)C1CNC1.Cl. The maximum atomic E-state index is 12.4. The van der Waals surface area contributed by atoms with E-state index in [-0.39, 0.29) is 42.2 Å². The first-order valence-electron chi connectivity index (χ1n) is 8.22. The number of hydrogen-bond donors (Lipinski definition) is 2. The first kappa shape index (κ1) is 19.2. The monoisotopic (exact) mass is 332 g/mol. The van der Waals surface area contributed by atoms with Gasteiger partial charge in [-0.15, -0.1) is 12.4 Å². The highest BCUT2D eigenvalue weighted by molar-refractivity contribution is 5.85. The van der Waals surface area contributed by atoms with Crippen molar-refractivity contribution in [2.75, 3.05) is 20.2 Å². The van der Waals surface area contributed by atoms with Crippen LogP contribution < -0.4 is 10.6 Å². The summed E-state index contributed by atoms with van der Waals surface area (Å²) in [6.45, 7) is 3.82. The Balaban J connectivity index is 0.00000242. The maximum absolute atomic E-state index is 12.4. The lowest BCUT2D eigenvalue weighted by molar-refractivity contribution is -0.147. The number of carbonyl (C=O) groups excluding carboxylic acids is 2. The Morgan fingerprint density at radius 2 is 1.77 bits per heavy atom. The minimum Gasteiger partial charge on any atom is -0.469 e. The Kier molecular flexibility index (Phi) is 8.18. The normalized spacial score (nSPS) is 27.4. The summed E-state index contributed by atoms with van der Waals surface area (Å²) in [4.78, 5) is 24.4. The molecule has 2 aliphatic rings. The molecule has 2 N–H and O–H groups in total. The van der Waals surface area contributed by atoms with E-state index >= 15 is 0 Å². The van der Waals surface area contributed by atoms with Gasteiger partial charge in [0.25, 0.3) is 0 Å². The summed E-state index contributed by atoms with van der Waals surface area (Å²) >= 11 is 0. The zero-order valence-corrected chi connectivity index (χ0v) is 14.4. The summed E-state index contributed by atoms with van der Waals surface area (Å²) < 4.78 is 4.94. The zero-order chi connectivity index (χ0) is 15.2. The molecule has 1 saturated heterocycles. The summed E-state index contributed by atoms with van der Waals surface area (Å²) in [6.07, 6.45) is 6.14. The topological polar surface area (TPSA) is 67.4 Å². The van der Waals surface area contributed by atoms with Crippen LogP contribution in [0.15, 0.2) is 0 Å². The van der Waals surface area contributed by atoms with E-state index in [4.69, 9.17) is 4.74 Å². The minimum absolute atomic E-state index is 0. The van der Waals surface area contributed by atoms with Gasteiger partial charge in [-0.3, -0.25) is 9.59 Å². The van der Waals surface area contributed by atoms with Crippen molar-refractivity contribution < 1.29 is 14.3 Å². The third-order valence-electron chi connectivity index (χ3n) is 5.03. The van der Waals surface area contributed by atoms with Crippen LogP contribution >= 0.6 is 12.4 Å². The first-order valence-corrected chi connectivity index (χ1v) is 8.22. The number of rotatable bonds is 4. The lowest BCUT2D eigenvalue weighted by Crippen LogP contribution is -2.52. The molecule has 1 saturated carbocycles. The summed E-state index contributed by atoms with van der Waals surface area (Å²) in [5.41, 5.74) is 0. The second-order valence-electron chi connectivity index (χ2n) is 6.44. The predicted octanol–water partition coefficient (Wildman–Crippen LogP) is 1.89. The Morgan fingerprint density at radius 1 is 1.14 bits per heavy atom. The molecular weight excluding hydrogens is 304 g/mol. The summed E-state index contributed by atoms with van der Waals surface area (Å²) in [7, 11) is 1.43. The van der Waals surface area contributed by atoms with Crippen LogP contribution in [0.1, 0.15) is 45.4 Å². The third-order valence-corrected chi connectivity index (χ3v) is 5.03. The van der Waals surface area contributed by atoms with Crippen LogP contribution in [0.2, 0.25) is 0 Å². The van der Waals surface area contributed by atoms with E-state index in [1.165, 1.54) is 13.5 Å². The fourth-order valence-corrected chi connectivity index (χ4v) is 3.28. The third kappa shape index (κ3) is 4.85. The molecule has 0 radical (unpaired) electrons. The molecule has 1 aliphatic heterocycles. The number of hydrogen-bond acceptors (Lipinski definition) is 4. The van der Waals surface area contributed by atoms with Crippen LogP contribution in [0.3, 0.4) is 0 Å². The van der Waals surface area contributed by atoms with Crippen molar-refractivity contribution in [1.82, 2.24) is 10.6 Å². The smallest absolute Gasteiger partial charge is 0.310 e. The van der Waals surface area contributed by atoms with Crippen molar-refractivity contribution in [2.24, 2.45) is 17.8 Å². The Bertz CT molecular complexity index is 374. The molecule has 0 aromatic heterocycles. The van der Waals surface area contributed by atoms with Crippen molar-refractivity contribution in [3.8, 4) is 0 Å². The van der Waals surface area contributed by atoms with Gasteiger partial charge in [-0.05, 0) is 31.8 Å². The van der Waals surface area contributed by atoms with E-state index in [0.717, 1.165) is 45.2 Å². The predicted molar refractivity (Wildman–Crippen MR) is 87.9 cm³/mol. The average molecular weight is 333 g/mol. The van der Waals surface area contributed by atoms with Crippen molar-refractivity contribution in [3.05, 3.63) is 0 Å². The molecule has 0 aromatic rings. The van der Waals surface area contributed by atoms with Crippen LogP contribution in [0.5, 0.6) is 0 Å². The van der Waals surface area contributed by atoms with Crippen molar-refractivity contribution >= 4 is 24.3 Å². The molecule has 2 fully saturated rings. The molecule has 0 aromatic carbocycles. The number of nitrogens with one attached hydrogen (secondary N) is 2. The molecule has 0 spiro atoms. The average Bonchev–Trinajstić information content (AvgIpc) is 2.39. The van der Waals surface area contributed by atoms with Gasteiger partial charge in [-0.1, -0.05) is 32.6 Å². The van der Waals surface area contributed by atoms with E-state index in [0.29, 0.717) is 5.92 Å². The molecule has 5 nitrogen and oxygen atoms in total. The molecule has 1 heterocycles. The van der Waals surface area contributed by atoms with Gasteiger partial charge < -0.3 is 15.4 Å². The largest absolute Gasteiger partial charge is 0.469 e. The highest BCUT2D eigenvalue weighted by Gasteiger charge is 2.34. The maximum Gasteiger partial charge on any atom is 0.310 e. The summed E-state index contributed by atoms with van der Waals surface area (Å²) in [5.74, 6) is 0.150. The standard InChI is InChI=1S/C16H28N2O3.ClH/c1-11(12-9-17-10-12)15(19)18-14-8-6-4-3-5-7-13(14)16(20)21-2;/h11-14,17H,3-10H2,1-2H3,(H,18,19);1H. The van der Waals surface area contributed by atoms with Gasteiger partial charge in [0.2, 0.25) is 5.91 Å². The van der Waals surface area contributed by atoms with E-state index < -0.39 is 0 Å². The van der Waals surface area contributed by atoms with Gasteiger partial charge in [-0.2, -0.15) is 0 Å². The Labute approximate surface area is 139 Å². The van der Waals surface area contributed by atoms with Crippen LogP contribution in [-0.4, -0.2) is 38.1 Å². The van der Waals surface area contributed by atoms with Crippen molar-refractivity contribution in [2.45, 2.75) is 51.5 Å². The Hall–Kier alpha value is -0.810. The molecule has 3 atom stereocenters. The molecule has 3 unspecified atom stereocenters. The number of esters is 1. The number of halogens is 1. The highest BCUT2D eigenvalue weighted by Crippen LogP contribution is 2.25. The second kappa shape index (κ2) is 9.36. The lowest BCUT2D eigenvalue weighted by atomic mass is 9.84. The zero-order valence-electron chi connectivity index (χ0n) is 13.6. The molecule has 128 valence electrons. The fraction of sp³-hybridized carbons (Fsp3) is 0.875. The van der Waals surface area contributed by atoms with Crippen LogP contribution in [0.4, 0.5) is 0 Å². The molecule has 1 aliphatic carbocycles. The van der Waals surface area contributed by atoms with Gasteiger partial charge >= 0.3 is 5.97 Å². The van der Waals surface area contributed by atoms with Gasteiger partial charge in [0.1, 0.15) is 0 Å². The van der Waals surface area contributed by atoms with E-state index in [2.05, 4.69) is 10.6 Å². The molecule has 6 heteroatoms. The van der Waals surface area contributed by atoms with Gasteiger partial charge in [-0.25, -0.2) is 0 Å². The van der Waals surface area contributed by atoms with Crippen molar-refractivity contribution in [1.29, 1.82) is 0 Å². The summed E-state index contributed by atoms with van der Waals surface area (Å²) in [6, 6.07) is -0.0688. The molecule has 2 rings (SSSR count).